The Morgan fingerprint density at radius 1 is 0.688 bits per heavy atom. The van der Waals surface area contributed by atoms with Crippen LogP contribution in [0.15, 0.2) is 0 Å². The van der Waals surface area contributed by atoms with Crippen molar-refractivity contribution >= 4 is 11.6 Å². The zero-order valence-electron chi connectivity index (χ0n) is 10.0. The average molecular weight is 222 g/mol. The van der Waals surface area contributed by atoms with Crippen LogP contribution in [-0.4, -0.2) is 11.6 Å². The molecule has 0 saturated heterocycles. The molecule has 0 aromatic rings. The quantitative estimate of drug-likeness (QED) is 0.684. The molecule has 0 aromatic carbocycles. The first kappa shape index (κ1) is 11.8. The predicted octanol–water partition coefficient (Wildman–Crippen LogP) is 3.29. The highest BCUT2D eigenvalue weighted by molar-refractivity contribution is 6.01. The van der Waals surface area contributed by atoms with Crippen molar-refractivity contribution in [1.82, 2.24) is 0 Å². The molecule has 2 aliphatic rings. The van der Waals surface area contributed by atoms with Crippen molar-refractivity contribution in [2.45, 2.75) is 64.2 Å². The summed E-state index contributed by atoms with van der Waals surface area (Å²) in [5.74, 6) is 0.885. The minimum atomic E-state index is 0.208. The highest BCUT2D eigenvalue weighted by Gasteiger charge is 2.28. The van der Waals surface area contributed by atoms with Gasteiger partial charge in [0.2, 0.25) is 0 Å². The van der Waals surface area contributed by atoms with Gasteiger partial charge in [0.1, 0.15) is 11.6 Å². The van der Waals surface area contributed by atoms with E-state index in [1.165, 1.54) is 32.1 Å². The lowest BCUT2D eigenvalue weighted by molar-refractivity contribution is -0.131. The second-order valence-corrected chi connectivity index (χ2v) is 5.43. The first-order valence-corrected chi connectivity index (χ1v) is 6.83. The SMILES string of the molecule is O=C(CC(=O)C1CCCC1)C1CCCCC1. The molecule has 0 N–H and O–H groups in total. The third-order valence-corrected chi connectivity index (χ3v) is 4.22. The van der Waals surface area contributed by atoms with E-state index in [2.05, 4.69) is 0 Å². The van der Waals surface area contributed by atoms with Crippen molar-refractivity contribution in [3.63, 3.8) is 0 Å². The molecule has 0 radical (unpaired) electrons. The molecule has 2 rings (SSSR count). The van der Waals surface area contributed by atoms with Gasteiger partial charge in [0.25, 0.3) is 0 Å². The molecule has 90 valence electrons. The van der Waals surface area contributed by atoms with Gasteiger partial charge in [-0.05, 0) is 25.7 Å². The minimum absolute atomic E-state index is 0.208. The van der Waals surface area contributed by atoms with E-state index in [1.54, 1.807) is 0 Å². The van der Waals surface area contributed by atoms with Crippen LogP contribution in [0.4, 0.5) is 0 Å². The highest BCUT2D eigenvalue weighted by atomic mass is 16.1. The Morgan fingerprint density at radius 2 is 1.06 bits per heavy atom. The van der Waals surface area contributed by atoms with Crippen LogP contribution >= 0.6 is 0 Å². The van der Waals surface area contributed by atoms with E-state index in [1.807, 2.05) is 0 Å². The topological polar surface area (TPSA) is 34.1 Å². The van der Waals surface area contributed by atoms with Gasteiger partial charge in [0.15, 0.2) is 0 Å². The molecule has 0 unspecified atom stereocenters. The summed E-state index contributed by atoms with van der Waals surface area (Å²) < 4.78 is 0. The number of hydrogen-bond donors (Lipinski definition) is 0. The van der Waals surface area contributed by atoms with Crippen LogP contribution in [0.3, 0.4) is 0 Å². The maximum Gasteiger partial charge on any atom is 0.143 e. The van der Waals surface area contributed by atoms with Gasteiger partial charge < -0.3 is 0 Å². The summed E-state index contributed by atoms with van der Waals surface area (Å²) in [6.07, 6.45) is 10.3. The van der Waals surface area contributed by atoms with Crippen LogP contribution in [0.5, 0.6) is 0 Å². The number of carbonyl (C=O) groups excluding carboxylic acids is 2. The lowest BCUT2D eigenvalue weighted by Gasteiger charge is -2.20. The molecule has 2 nitrogen and oxygen atoms in total. The molecular weight excluding hydrogens is 200 g/mol. The summed E-state index contributed by atoms with van der Waals surface area (Å²) in [5.41, 5.74) is 0. The second kappa shape index (κ2) is 5.60. The van der Waals surface area contributed by atoms with Gasteiger partial charge in [-0.3, -0.25) is 9.59 Å². The fourth-order valence-corrected chi connectivity index (χ4v) is 3.13. The molecule has 0 amide bonds. The molecule has 2 fully saturated rings. The number of carbonyl (C=O) groups is 2. The van der Waals surface area contributed by atoms with Crippen LogP contribution in [0.1, 0.15) is 64.2 Å². The van der Waals surface area contributed by atoms with Crippen molar-refractivity contribution in [2.75, 3.05) is 0 Å². The molecule has 2 heteroatoms. The summed E-state index contributed by atoms with van der Waals surface area (Å²) in [7, 11) is 0. The normalized spacial score (nSPS) is 23.5. The Balaban J connectivity index is 1.79. The lowest BCUT2D eigenvalue weighted by Crippen LogP contribution is -2.23. The molecule has 16 heavy (non-hydrogen) atoms. The predicted molar refractivity (Wildman–Crippen MR) is 63.2 cm³/mol. The Kier molecular flexibility index (Phi) is 4.14. The van der Waals surface area contributed by atoms with E-state index < -0.39 is 0 Å². The second-order valence-electron chi connectivity index (χ2n) is 5.43. The van der Waals surface area contributed by atoms with Crippen LogP contribution in [0.25, 0.3) is 0 Å². The number of Topliss-reactive ketones (excluding diaryl/α,β-unsaturated/α-hetero) is 2. The Hall–Kier alpha value is -0.660. The molecule has 0 atom stereocenters. The smallest absolute Gasteiger partial charge is 0.143 e. The zero-order valence-corrected chi connectivity index (χ0v) is 10.0. The van der Waals surface area contributed by atoms with Gasteiger partial charge in [0.05, 0.1) is 6.42 Å². The van der Waals surface area contributed by atoms with E-state index in [9.17, 15) is 9.59 Å². The summed E-state index contributed by atoms with van der Waals surface area (Å²) in [4.78, 5) is 23.8. The van der Waals surface area contributed by atoms with E-state index in [-0.39, 0.29) is 29.8 Å². The summed E-state index contributed by atoms with van der Waals surface area (Å²) in [5, 5.41) is 0. The van der Waals surface area contributed by atoms with Crippen molar-refractivity contribution in [2.24, 2.45) is 11.8 Å². The van der Waals surface area contributed by atoms with Crippen molar-refractivity contribution in [1.29, 1.82) is 0 Å². The third-order valence-electron chi connectivity index (χ3n) is 4.22. The van der Waals surface area contributed by atoms with E-state index in [4.69, 9.17) is 0 Å². The van der Waals surface area contributed by atoms with Crippen LogP contribution in [0, 0.1) is 11.8 Å². The van der Waals surface area contributed by atoms with Crippen LogP contribution in [0.2, 0.25) is 0 Å². The molecule has 2 saturated carbocycles. The minimum Gasteiger partial charge on any atom is -0.299 e. The van der Waals surface area contributed by atoms with Gasteiger partial charge in [-0.15, -0.1) is 0 Å². The maximum absolute atomic E-state index is 11.9. The Morgan fingerprint density at radius 3 is 1.50 bits per heavy atom. The average Bonchev–Trinajstić information content (AvgIpc) is 2.83. The first-order valence-electron chi connectivity index (χ1n) is 6.83. The number of rotatable bonds is 4. The van der Waals surface area contributed by atoms with Gasteiger partial charge in [-0.2, -0.15) is 0 Å². The van der Waals surface area contributed by atoms with Crippen molar-refractivity contribution in [3.8, 4) is 0 Å². The number of ketones is 2. The fraction of sp³-hybridized carbons (Fsp3) is 0.857. The maximum atomic E-state index is 11.9. The molecule has 0 bridgehead atoms. The van der Waals surface area contributed by atoms with Gasteiger partial charge >= 0.3 is 0 Å². The largest absolute Gasteiger partial charge is 0.299 e. The van der Waals surface area contributed by atoms with Crippen molar-refractivity contribution in [3.05, 3.63) is 0 Å². The monoisotopic (exact) mass is 222 g/mol. The Labute approximate surface area is 97.8 Å². The van der Waals surface area contributed by atoms with E-state index in [0.717, 1.165) is 25.7 Å². The van der Waals surface area contributed by atoms with Crippen LogP contribution < -0.4 is 0 Å². The summed E-state index contributed by atoms with van der Waals surface area (Å²) in [6, 6.07) is 0. The highest BCUT2D eigenvalue weighted by Crippen LogP contribution is 2.29. The molecule has 2 aliphatic carbocycles. The number of hydrogen-bond acceptors (Lipinski definition) is 2. The first-order chi connectivity index (χ1) is 7.77. The van der Waals surface area contributed by atoms with E-state index in [0.29, 0.717) is 0 Å². The zero-order chi connectivity index (χ0) is 11.4. The van der Waals surface area contributed by atoms with Gasteiger partial charge in [0, 0.05) is 11.8 Å². The van der Waals surface area contributed by atoms with Crippen molar-refractivity contribution < 1.29 is 9.59 Å². The van der Waals surface area contributed by atoms with Gasteiger partial charge in [-0.25, -0.2) is 0 Å². The van der Waals surface area contributed by atoms with Gasteiger partial charge in [-0.1, -0.05) is 32.1 Å². The molecule has 0 aliphatic heterocycles. The van der Waals surface area contributed by atoms with E-state index >= 15 is 0 Å². The third kappa shape index (κ3) is 2.93. The molecule has 0 heterocycles. The fourth-order valence-electron chi connectivity index (χ4n) is 3.13. The molecular formula is C14H22O2. The molecule has 0 spiro atoms. The lowest BCUT2D eigenvalue weighted by atomic mass is 9.83. The summed E-state index contributed by atoms with van der Waals surface area (Å²) in [6.45, 7) is 0. The Bertz CT molecular complexity index is 258. The van der Waals surface area contributed by atoms with Crippen LogP contribution in [-0.2, 0) is 9.59 Å². The summed E-state index contributed by atoms with van der Waals surface area (Å²) >= 11 is 0. The standard InChI is InChI=1S/C14H22O2/c15-13(11-6-2-1-3-7-11)10-14(16)12-8-4-5-9-12/h11-12H,1-10H2. The molecule has 0 aromatic heterocycles.